The Morgan fingerprint density at radius 1 is 0.271 bits per heavy atom. The molecule has 0 N–H and O–H groups in total. The lowest BCUT2D eigenvalue weighted by Crippen LogP contribution is -2.01. The van der Waals surface area contributed by atoms with Crippen LogP contribution in [0, 0.1) is 0 Å². The first kappa shape index (κ1) is 33.2. The lowest BCUT2D eigenvalue weighted by molar-refractivity contribution is 1.07. The first-order chi connectivity index (χ1) is 29.2. The zero-order valence-corrected chi connectivity index (χ0v) is 31.9. The quantitative estimate of drug-likeness (QED) is 0.159. The van der Waals surface area contributed by atoms with Gasteiger partial charge in [-0.15, -0.1) is 0 Å². The molecule has 12 aromatic rings. The van der Waals surface area contributed by atoms with Crippen LogP contribution in [0.2, 0.25) is 0 Å². The SMILES string of the molecule is c1ccc(-c2ccc(-c3nc(-c4ccc(-c5ccccc5)cc4)nc(-c4cccc(-n5c6cccc7c8ccccc8c8c9ccccc9cc5c8c76)c4)n3)cc2)cc1. The van der Waals surface area contributed by atoms with Gasteiger partial charge in [0.1, 0.15) is 0 Å². The molecule has 0 radical (unpaired) electrons. The van der Waals surface area contributed by atoms with Gasteiger partial charge in [-0.05, 0) is 73.5 Å². The predicted octanol–water partition coefficient (Wildman–Crippen LogP) is 14.2. The van der Waals surface area contributed by atoms with Crippen LogP contribution in [0.25, 0.3) is 116 Å². The highest BCUT2D eigenvalue weighted by molar-refractivity contribution is 6.39. The van der Waals surface area contributed by atoms with Gasteiger partial charge in [0.15, 0.2) is 17.5 Å². The second-order valence-electron chi connectivity index (χ2n) is 15.2. The molecule has 59 heavy (non-hydrogen) atoms. The minimum Gasteiger partial charge on any atom is -0.309 e. The number of rotatable bonds is 6. The Morgan fingerprint density at radius 3 is 1.37 bits per heavy atom. The van der Waals surface area contributed by atoms with Crippen molar-refractivity contribution in [3.05, 3.63) is 206 Å². The van der Waals surface area contributed by atoms with Crippen molar-refractivity contribution in [2.75, 3.05) is 0 Å². The molecular weight excluding hydrogens is 717 g/mol. The van der Waals surface area contributed by atoms with Crippen LogP contribution in [0.5, 0.6) is 0 Å². The van der Waals surface area contributed by atoms with Gasteiger partial charge in [-0.25, -0.2) is 15.0 Å². The molecule has 0 aliphatic rings. The molecule has 0 saturated heterocycles. The number of aromatic nitrogens is 4. The molecule has 12 rings (SSSR count). The summed E-state index contributed by atoms with van der Waals surface area (Å²) in [5, 5.41) is 10.2. The highest BCUT2D eigenvalue weighted by atomic mass is 15.0. The summed E-state index contributed by atoms with van der Waals surface area (Å²) < 4.78 is 2.42. The molecule has 10 aromatic carbocycles. The van der Waals surface area contributed by atoms with E-state index in [9.17, 15) is 0 Å². The minimum absolute atomic E-state index is 0.621. The standard InChI is InChI=1S/C55H34N4/c1-3-13-35(14-4-1)37-25-29-39(30-26-37)53-56-54(40-31-27-38(28-32-40)36-15-5-2-6-16-36)58-55(57-53)42-18-11-19-43(33-42)59-48-24-12-23-47-45-21-9-10-22-46(45)50-44-20-8-7-17-41(44)34-49(59)52(50)51(47)48/h1-34H. The lowest BCUT2D eigenvalue weighted by Gasteiger charge is -2.13. The Bertz CT molecular complexity index is 3410. The molecule has 0 saturated carbocycles. The summed E-state index contributed by atoms with van der Waals surface area (Å²) in [4.78, 5) is 15.5. The molecule has 4 nitrogen and oxygen atoms in total. The minimum atomic E-state index is 0.621. The number of hydrogen-bond acceptors (Lipinski definition) is 3. The number of fused-ring (bicyclic) bond motifs is 5. The van der Waals surface area contributed by atoms with Gasteiger partial charge in [-0.3, -0.25) is 0 Å². The van der Waals surface area contributed by atoms with Gasteiger partial charge in [0.05, 0.1) is 11.0 Å². The van der Waals surface area contributed by atoms with E-state index < -0.39 is 0 Å². The molecule has 0 fully saturated rings. The Labute approximate surface area is 340 Å². The van der Waals surface area contributed by atoms with Crippen LogP contribution in [0.3, 0.4) is 0 Å². The third kappa shape index (κ3) is 5.42. The van der Waals surface area contributed by atoms with Gasteiger partial charge in [0.25, 0.3) is 0 Å². The van der Waals surface area contributed by atoms with E-state index in [-0.39, 0.29) is 0 Å². The van der Waals surface area contributed by atoms with Crippen LogP contribution < -0.4 is 0 Å². The molecule has 2 aromatic heterocycles. The van der Waals surface area contributed by atoms with E-state index in [0.717, 1.165) is 33.5 Å². The molecule has 0 amide bonds. The fourth-order valence-corrected chi connectivity index (χ4v) is 9.03. The van der Waals surface area contributed by atoms with Gasteiger partial charge in [0.2, 0.25) is 0 Å². The monoisotopic (exact) mass is 750 g/mol. The highest BCUT2D eigenvalue weighted by Gasteiger charge is 2.22. The number of benzene rings is 10. The molecule has 0 unspecified atom stereocenters. The van der Waals surface area contributed by atoms with Crippen molar-refractivity contribution < 1.29 is 0 Å². The fourth-order valence-electron chi connectivity index (χ4n) is 9.03. The second-order valence-corrected chi connectivity index (χ2v) is 15.2. The van der Waals surface area contributed by atoms with E-state index in [1.165, 1.54) is 65.3 Å². The van der Waals surface area contributed by atoms with E-state index in [4.69, 9.17) is 15.0 Å². The molecule has 2 heterocycles. The maximum atomic E-state index is 5.19. The summed E-state index contributed by atoms with van der Waals surface area (Å²) in [6.07, 6.45) is 0. The molecule has 0 aliphatic carbocycles. The molecular formula is C55H34N4. The third-order valence-corrected chi connectivity index (χ3v) is 11.8. The van der Waals surface area contributed by atoms with Crippen molar-refractivity contribution in [3.63, 3.8) is 0 Å². The van der Waals surface area contributed by atoms with Crippen LogP contribution in [-0.4, -0.2) is 19.5 Å². The van der Waals surface area contributed by atoms with E-state index in [0.29, 0.717) is 17.5 Å². The fraction of sp³-hybridized carbons (Fsp3) is 0. The summed E-state index contributed by atoms with van der Waals surface area (Å²) in [7, 11) is 0. The van der Waals surface area contributed by atoms with Crippen LogP contribution in [-0.2, 0) is 0 Å². The summed E-state index contributed by atoms with van der Waals surface area (Å²) in [6.45, 7) is 0. The Kier molecular flexibility index (Phi) is 7.50. The highest BCUT2D eigenvalue weighted by Crippen LogP contribution is 2.46. The second kappa shape index (κ2) is 13.3. The maximum absolute atomic E-state index is 5.19. The van der Waals surface area contributed by atoms with Crippen molar-refractivity contribution >= 4 is 54.1 Å². The van der Waals surface area contributed by atoms with E-state index in [1.54, 1.807) is 0 Å². The van der Waals surface area contributed by atoms with Crippen molar-refractivity contribution in [2.24, 2.45) is 0 Å². The number of nitrogens with zero attached hydrogens (tertiary/aromatic N) is 4. The summed E-state index contributed by atoms with van der Waals surface area (Å²) in [6, 6.07) is 73.2. The Hall–Kier alpha value is -7.95. The van der Waals surface area contributed by atoms with Gasteiger partial charge in [-0.1, -0.05) is 182 Å². The maximum Gasteiger partial charge on any atom is 0.164 e. The van der Waals surface area contributed by atoms with Crippen molar-refractivity contribution in [2.45, 2.75) is 0 Å². The van der Waals surface area contributed by atoms with Gasteiger partial charge in [-0.2, -0.15) is 0 Å². The first-order valence-corrected chi connectivity index (χ1v) is 20.0. The largest absolute Gasteiger partial charge is 0.309 e. The smallest absolute Gasteiger partial charge is 0.164 e. The molecule has 274 valence electrons. The molecule has 0 atom stereocenters. The molecule has 0 spiro atoms. The van der Waals surface area contributed by atoms with Gasteiger partial charge in [0, 0.05) is 38.5 Å². The predicted molar refractivity (Wildman–Crippen MR) is 245 cm³/mol. The molecule has 0 bridgehead atoms. The van der Waals surface area contributed by atoms with Gasteiger partial charge < -0.3 is 4.57 Å². The summed E-state index contributed by atoms with van der Waals surface area (Å²) in [5.74, 6) is 1.88. The van der Waals surface area contributed by atoms with Crippen LogP contribution >= 0.6 is 0 Å². The van der Waals surface area contributed by atoms with Crippen molar-refractivity contribution in [3.8, 4) is 62.1 Å². The summed E-state index contributed by atoms with van der Waals surface area (Å²) in [5.41, 5.74) is 10.8. The first-order valence-electron chi connectivity index (χ1n) is 20.0. The Balaban J connectivity index is 1.05. The van der Waals surface area contributed by atoms with Crippen LogP contribution in [0.15, 0.2) is 206 Å². The lowest BCUT2D eigenvalue weighted by atomic mass is 9.91. The van der Waals surface area contributed by atoms with E-state index in [1.807, 2.05) is 12.1 Å². The third-order valence-electron chi connectivity index (χ3n) is 11.8. The average Bonchev–Trinajstić information content (AvgIpc) is 3.65. The van der Waals surface area contributed by atoms with Gasteiger partial charge >= 0.3 is 0 Å². The molecule has 4 heteroatoms. The molecule has 0 aliphatic heterocycles. The zero-order valence-electron chi connectivity index (χ0n) is 31.9. The van der Waals surface area contributed by atoms with Crippen LogP contribution in [0.1, 0.15) is 0 Å². The van der Waals surface area contributed by atoms with Crippen molar-refractivity contribution in [1.82, 2.24) is 19.5 Å². The average molecular weight is 751 g/mol. The zero-order chi connectivity index (χ0) is 38.9. The Morgan fingerprint density at radius 2 is 0.729 bits per heavy atom. The van der Waals surface area contributed by atoms with Crippen molar-refractivity contribution in [1.29, 1.82) is 0 Å². The van der Waals surface area contributed by atoms with E-state index >= 15 is 0 Å². The normalized spacial score (nSPS) is 11.7. The van der Waals surface area contributed by atoms with Crippen LogP contribution in [0.4, 0.5) is 0 Å². The number of hydrogen-bond donors (Lipinski definition) is 0. The topological polar surface area (TPSA) is 43.6 Å². The summed E-state index contributed by atoms with van der Waals surface area (Å²) >= 11 is 0. The van der Waals surface area contributed by atoms with E-state index in [2.05, 4.69) is 199 Å².